The maximum atomic E-state index is 13.8. The van der Waals surface area contributed by atoms with Crippen molar-refractivity contribution in [1.82, 2.24) is 14.5 Å². The van der Waals surface area contributed by atoms with Crippen LogP contribution in [0.5, 0.6) is 11.5 Å². The van der Waals surface area contributed by atoms with Crippen molar-refractivity contribution in [2.75, 3.05) is 19.1 Å². The number of amides is 1. The van der Waals surface area contributed by atoms with Crippen molar-refractivity contribution in [1.29, 1.82) is 0 Å². The lowest BCUT2D eigenvalue weighted by atomic mass is 10.0. The Morgan fingerprint density at radius 2 is 1.56 bits per heavy atom. The molecule has 5 rings (SSSR count). The normalized spacial score (nSPS) is 11.2. The zero-order chi connectivity index (χ0) is 30.6. The zero-order valence-electron chi connectivity index (χ0n) is 25.2. The van der Waals surface area contributed by atoms with Gasteiger partial charge in [-0.2, -0.15) is 0 Å². The van der Waals surface area contributed by atoms with E-state index in [1.54, 1.807) is 26.6 Å². The van der Waals surface area contributed by atoms with Crippen molar-refractivity contribution in [3.05, 3.63) is 108 Å². The number of imidazole rings is 1. The van der Waals surface area contributed by atoms with E-state index in [1.807, 2.05) is 111 Å². The number of nitrogens with zero attached hydrogens (tertiary/aromatic N) is 5. The quantitative estimate of drug-likeness (QED) is 0.183. The molecular formula is C34H35N5O4. The van der Waals surface area contributed by atoms with Crippen molar-refractivity contribution in [2.24, 2.45) is 12.0 Å². The fraction of sp³-hybridized carbons (Fsp3) is 0.235. The molecule has 9 heteroatoms. The average molecular weight is 578 g/mol. The van der Waals surface area contributed by atoms with Crippen LogP contribution < -0.4 is 14.4 Å². The molecule has 0 fully saturated rings. The first-order valence-electron chi connectivity index (χ1n) is 13.9. The summed E-state index contributed by atoms with van der Waals surface area (Å²) >= 11 is 0. The maximum Gasteiger partial charge on any atom is 0.416 e. The molecule has 5 aromatic rings. The molecule has 0 spiro atoms. The third-order valence-corrected chi connectivity index (χ3v) is 6.69. The van der Waals surface area contributed by atoms with Gasteiger partial charge in [0.2, 0.25) is 0 Å². The first-order chi connectivity index (χ1) is 20.7. The Kier molecular flexibility index (Phi) is 8.43. The lowest BCUT2D eigenvalue weighted by Gasteiger charge is -2.27. The fourth-order valence-electron chi connectivity index (χ4n) is 4.64. The minimum Gasteiger partial charge on any atom is -0.497 e. The van der Waals surface area contributed by atoms with Crippen LogP contribution >= 0.6 is 0 Å². The first kappa shape index (κ1) is 29.3. The van der Waals surface area contributed by atoms with E-state index in [9.17, 15) is 4.79 Å². The van der Waals surface area contributed by atoms with Crippen LogP contribution in [0.1, 0.15) is 37.5 Å². The molecule has 0 atom stereocenters. The van der Waals surface area contributed by atoms with Crippen LogP contribution in [-0.2, 0) is 18.3 Å². The summed E-state index contributed by atoms with van der Waals surface area (Å²) in [6.45, 7) is 5.59. The molecule has 9 nitrogen and oxygen atoms in total. The van der Waals surface area contributed by atoms with Crippen LogP contribution in [-0.4, -0.2) is 46.2 Å². The van der Waals surface area contributed by atoms with Gasteiger partial charge < -0.3 is 18.8 Å². The standard InChI is InChI=1S/C34H35N5O4/c1-34(2,3)43-33(40)39(21-25-17-18-26(41-5)19-28(25)42-6)32-31-27(38(4)22-35-31)20-29(37-32)36-30(23-13-9-7-10-14-23)24-15-11-8-12-16-24/h7-20,22H,21H2,1-6H3. The van der Waals surface area contributed by atoms with Crippen molar-refractivity contribution < 1.29 is 19.0 Å². The molecule has 2 heterocycles. The SMILES string of the molecule is COc1ccc(CN(C(=O)OC(C)(C)C)c2nc(N=C(c3ccccc3)c3ccccc3)cc3c2ncn3C)c(OC)c1. The number of fused-ring (bicyclic) bond motifs is 1. The topological polar surface area (TPSA) is 91.1 Å². The molecule has 0 saturated heterocycles. The molecule has 0 N–H and O–H groups in total. The third kappa shape index (κ3) is 6.67. The number of carbonyl (C=O) groups excluding carboxylic acids is 1. The number of carbonyl (C=O) groups is 1. The number of anilines is 1. The number of hydrogen-bond acceptors (Lipinski definition) is 7. The summed E-state index contributed by atoms with van der Waals surface area (Å²) in [6, 6.07) is 27.2. The minimum atomic E-state index is -0.744. The molecule has 0 radical (unpaired) electrons. The Hall–Kier alpha value is -5.18. The van der Waals surface area contributed by atoms with E-state index in [4.69, 9.17) is 24.2 Å². The fourth-order valence-corrected chi connectivity index (χ4v) is 4.64. The molecule has 0 aliphatic heterocycles. The summed E-state index contributed by atoms with van der Waals surface area (Å²) in [7, 11) is 5.07. The number of aliphatic imine (C=N–C) groups is 1. The third-order valence-electron chi connectivity index (χ3n) is 6.69. The predicted octanol–water partition coefficient (Wildman–Crippen LogP) is 7.10. The Bertz CT molecular complexity index is 1720. The van der Waals surface area contributed by atoms with E-state index in [-0.39, 0.29) is 6.54 Å². The average Bonchev–Trinajstić information content (AvgIpc) is 3.38. The van der Waals surface area contributed by atoms with Gasteiger partial charge in [0.25, 0.3) is 0 Å². The highest BCUT2D eigenvalue weighted by Gasteiger charge is 2.29. The number of aryl methyl sites for hydroxylation is 1. The lowest BCUT2D eigenvalue weighted by molar-refractivity contribution is 0.0576. The van der Waals surface area contributed by atoms with E-state index in [0.29, 0.717) is 28.7 Å². The van der Waals surface area contributed by atoms with Crippen LogP contribution in [0.4, 0.5) is 16.4 Å². The van der Waals surface area contributed by atoms with E-state index in [1.165, 1.54) is 4.90 Å². The number of hydrogen-bond donors (Lipinski definition) is 0. The Balaban J connectivity index is 1.71. The monoisotopic (exact) mass is 577 g/mol. The first-order valence-corrected chi connectivity index (χ1v) is 13.9. The largest absolute Gasteiger partial charge is 0.497 e. The molecule has 2 aromatic heterocycles. The van der Waals surface area contributed by atoms with E-state index in [0.717, 1.165) is 27.9 Å². The maximum absolute atomic E-state index is 13.8. The van der Waals surface area contributed by atoms with E-state index >= 15 is 0 Å². The summed E-state index contributed by atoms with van der Waals surface area (Å²) in [5, 5.41) is 0. The molecule has 0 aliphatic rings. The Morgan fingerprint density at radius 3 is 2.14 bits per heavy atom. The number of ether oxygens (including phenoxy) is 3. The summed E-state index contributed by atoms with van der Waals surface area (Å²) in [4.78, 5) is 29.9. The molecule has 220 valence electrons. The van der Waals surface area contributed by atoms with E-state index < -0.39 is 11.7 Å². The number of aromatic nitrogens is 3. The number of pyridine rings is 1. The highest BCUT2D eigenvalue weighted by atomic mass is 16.6. The highest BCUT2D eigenvalue weighted by molar-refractivity contribution is 6.14. The molecule has 0 aliphatic carbocycles. The Morgan fingerprint density at radius 1 is 0.907 bits per heavy atom. The van der Waals surface area contributed by atoms with Crippen LogP contribution in [0.3, 0.4) is 0 Å². The van der Waals surface area contributed by atoms with Gasteiger partial charge in [-0.05, 0) is 32.9 Å². The summed E-state index contributed by atoms with van der Waals surface area (Å²) in [5.41, 5.74) is 3.93. The van der Waals surface area contributed by atoms with Gasteiger partial charge in [0.15, 0.2) is 11.6 Å². The van der Waals surface area contributed by atoms with Gasteiger partial charge in [-0.15, -0.1) is 0 Å². The number of benzene rings is 3. The Labute approximate surface area is 251 Å². The highest BCUT2D eigenvalue weighted by Crippen LogP contribution is 2.33. The second kappa shape index (κ2) is 12.4. The van der Waals surface area contributed by atoms with Crippen LogP contribution in [0.25, 0.3) is 11.0 Å². The van der Waals surface area contributed by atoms with Crippen LogP contribution in [0.2, 0.25) is 0 Å². The number of methoxy groups -OCH3 is 2. The van der Waals surface area contributed by atoms with E-state index in [2.05, 4.69) is 4.98 Å². The zero-order valence-corrected chi connectivity index (χ0v) is 25.2. The number of rotatable bonds is 8. The van der Waals surface area contributed by atoms with Gasteiger partial charge in [-0.1, -0.05) is 60.7 Å². The minimum absolute atomic E-state index is 0.109. The molecule has 43 heavy (non-hydrogen) atoms. The second-order valence-electron chi connectivity index (χ2n) is 11.0. The smallest absolute Gasteiger partial charge is 0.416 e. The summed E-state index contributed by atoms with van der Waals surface area (Å²) in [5.74, 6) is 1.95. The lowest BCUT2D eigenvalue weighted by Crippen LogP contribution is -2.37. The van der Waals surface area contributed by atoms with Crippen molar-refractivity contribution in [2.45, 2.75) is 32.9 Å². The van der Waals surface area contributed by atoms with Gasteiger partial charge in [-0.3, -0.25) is 4.90 Å². The van der Waals surface area contributed by atoms with Gasteiger partial charge in [0.1, 0.15) is 22.6 Å². The summed E-state index contributed by atoms with van der Waals surface area (Å²) in [6.07, 6.45) is 1.12. The molecule has 0 bridgehead atoms. The molecule has 0 saturated carbocycles. The van der Waals surface area contributed by atoms with Crippen LogP contribution in [0, 0.1) is 0 Å². The molecular weight excluding hydrogens is 542 g/mol. The van der Waals surface area contributed by atoms with Gasteiger partial charge >= 0.3 is 6.09 Å². The summed E-state index contributed by atoms with van der Waals surface area (Å²) < 4.78 is 18.8. The van der Waals surface area contributed by atoms with Gasteiger partial charge in [0, 0.05) is 35.9 Å². The second-order valence-corrected chi connectivity index (χ2v) is 11.0. The van der Waals surface area contributed by atoms with Crippen LogP contribution in [0.15, 0.2) is 96.2 Å². The van der Waals surface area contributed by atoms with Gasteiger partial charge in [0.05, 0.1) is 38.3 Å². The van der Waals surface area contributed by atoms with Crippen molar-refractivity contribution in [3.8, 4) is 11.5 Å². The predicted molar refractivity (Wildman–Crippen MR) is 169 cm³/mol. The molecule has 0 unspecified atom stereocenters. The molecule has 3 aromatic carbocycles. The van der Waals surface area contributed by atoms with Crippen molar-refractivity contribution >= 4 is 34.5 Å². The van der Waals surface area contributed by atoms with Crippen molar-refractivity contribution in [3.63, 3.8) is 0 Å². The molecule has 1 amide bonds. The van der Waals surface area contributed by atoms with Gasteiger partial charge in [-0.25, -0.2) is 19.8 Å².